The number of aromatic nitrogens is 3. The van der Waals surface area contributed by atoms with E-state index in [1.807, 2.05) is 28.8 Å². The monoisotopic (exact) mass is 561 g/mol. The van der Waals surface area contributed by atoms with Crippen LogP contribution in [-0.2, 0) is 17.7 Å². The number of likely N-dealkylation sites (tertiary alicyclic amines) is 1. The third kappa shape index (κ3) is 5.47. The second kappa shape index (κ2) is 11.3. The summed E-state index contributed by atoms with van der Waals surface area (Å²) < 4.78 is 8.18. The zero-order valence-electron chi connectivity index (χ0n) is 19.0. The Hall–Kier alpha value is -2.24. The lowest BCUT2D eigenvalue weighted by molar-refractivity contribution is -0.0502. The maximum absolute atomic E-state index is 6.15. The number of halogens is 1. The van der Waals surface area contributed by atoms with E-state index in [1.165, 1.54) is 5.56 Å². The summed E-state index contributed by atoms with van der Waals surface area (Å²) >= 11 is 0. The van der Waals surface area contributed by atoms with Gasteiger partial charge in [-0.25, -0.2) is 0 Å². The van der Waals surface area contributed by atoms with Crippen molar-refractivity contribution in [3.63, 3.8) is 0 Å². The van der Waals surface area contributed by atoms with Gasteiger partial charge in [-0.3, -0.25) is 14.3 Å². The molecule has 2 unspecified atom stereocenters. The molecule has 1 N–H and O–H groups in total. The number of hydrogen-bond acceptors (Lipinski definition) is 5. The average molecular weight is 561 g/mol. The first-order chi connectivity index (χ1) is 15.8. The van der Waals surface area contributed by atoms with Crippen LogP contribution in [0.1, 0.15) is 18.3 Å². The molecule has 5 rings (SSSR count). The fourth-order valence-corrected chi connectivity index (χ4v) is 4.69. The van der Waals surface area contributed by atoms with Crippen molar-refractivity contribution < 1.29 is 4.74 Å². The number of hydrogen-bond donors (Lipinski definition) is 1. The van der Waals surface area contributed by atoms with E-state index in [-0.39, 0.29) is 30.1 Å². The molecule has 2 fully saturated rings. The minimum atomic E-state index is 0. The maximum Gasteiger partial charge on any atom is 0.194 e. The molecule has 0 radical (unpaired) electrons. The molecule has 2 aliphatic rings. The highest BCUT2D eigenvalue weighted by Crippen LogP contribution is 2.24. The molecule has 2 atom stereocenters. The van der Waals surface area contributed by atoms with Gasteiger partial charge in [-0.15, -0.1) is 34.2 Å². The second-order valence-corrected chi connectivity index (χ2v) is 8.37. The van der Waals surface area contributed by atoms with Crippen LogP contribution in [0.4, 0.5) is 0 Å². The molecule has 0 aliphatic carbocycles. The highest BCUT2D eigenvalue weighted by Gasteiger charge is 2.41. The summed E-state index contributed by atoms with van der Waals surface area (Å²) in [5, 5.41) is 12.0. The lowest BCUT2D eigenvalue weighted by Gasteiger charge is -2.36. The van der Waals surface area contributed by atoms with Gasteiger partial charge in [-0.05, 0) is 24.6 Å². The van der Waals surface area contributed by atoms with E-state index in [4.69, 9.17) is 9.73 Å². The van der Waals surface area contributed by atoms with Crippen LogP contribution in [0.3, 0.4) is 0 Å². The second-order valence-electron chi connectivity index (χ2n) is 8.37. The lowest BCUT2D eigenvalue weighted by atomic mass is 10.1. The number of guanidine groups is 1. The molecule has 3 aromatic rings. The molecule has 33 heavy (non-hydrogen) atoms. The number of rotatable bonds is 6. The summed E-state index contributed by atoms with van der Waals surface area (Å²) in [5.41, 5.74) is 2.23. The highest BCUT2D eigenvalue weighted by molar-refractivity contribution is 14.0. The Morgan fingerprint density at radius 1 is 1.12 bits per heavy atom. The molecule has 0 amide bonds. The van der Waals surface area contributed by atoms with Gasteiger partial charge in [0.2, 0.25) is 0 Å². The van der Waals surface area contributed by atoms with Gasteiger partial charge < -0.3 is 15.0 Å². The third-order valence-electron chi connectivity index (χ3n) is 6.26. The van der Waals surface area contributed by atoms with Gasteiger partial charge >= 0.3 is 0 Å². The number of pyridine rings is 1. The normalized spacial score (nSPS) is 21.1. The number of fused-ring (bicyclic) bond motifs is 2. The number of morpholine rings is 1. The van der Waals surface area contributed by atoms with Crippen LogP contribution >= 0.6 is 24.0 Å². The van der Waals surface area contributed by atoms with Gasteiger partial charge in [0, 0.05) is 51.9 Å². The number of benzene rings is 1. The van der Waals surface area contributed by atoms with E-state index in [1.54, 1.807) is 0 Å². The Morgan fingerprint density at radius 2 is 1.97 bits per heavy atom. The zero-order valence-corrected chi connectivity index (χ0v) is 21.3. The summed E-state index contributed by atoms with van der Waals surface area (Å²) in [6, 6.07) is 17.0. The quantitative estimate of drug-likeness (QED) is 0.284. The van der Waals surface area contributed by atoms with Gasteiger partial charge in [0.1, 0.15) is 5.82 Å². The molecule has 2 saturated heterocycles. The third-order valence-corrected chi connectivity index (χ3v) is 6.26. The molecule has 2 aliphatic heterocycles. The van der Waals surface area contributed by atoms with Crippen molar-refractivity contribution in [3.8, 4) is 0 Å². The van der Waals surface area contributed by atoms with Gasteiger partial charge in [0.25, 0.3) is 0 Å². The zero-order chi connectivity index (χ0) is 21.8. The van der Waals surface area contributed by atoms with Gasteiger partial charge in [-0.2, -0.15) is 0 Å². The van der Waals surface area contributed by atoms with Gasteiger partial charge in [0.05, 0.1) is 18.8 Å². The Labute approximate surface area is 212 Å². The topological polar surface area (TPSA) is 70.3 Å². The minimum absolute atomic E-state index is 0. The van der Waals surface area contributed by atoms with E-state index in [0.717, 1.165) is 63.2 Å². The smallest absolute Gasteiger partial charge is 0.194 e. The molecule has 0 saturated carbocycles. The molecule has 2 aromatic heterocycles. The van der Waals surface area contributed by atoms with Gasteiger partial charge in [-0.1, -0.05) is 36.4 Å². The number of ether oxygens (including phenoxy) is 1. The van der Waals surface area contributed by atoms with Crippen LogP contribution in [-0.4, -0.2) is 81.8 Å². The number of aliphatic imine (C=N–C) groups is 1. The average Bonchev–Trinajstić information content (AvgIpc) is 3.44. The molecule has 4 heterocycles. The van der Waals surface area contributed by atoms with Crippen molar-refractivity contribution in [1.29, 1.82) is 0 Å². The Kier molecular flexibility index (Phi) is 8.15. The first kappa shape index (κ1) is 23.9. The Balaban J connectivity index is 0.00000259. The Morgan fingerprint density at radius 3 is 2.82 bits per heavy atom. The standard InChI is InChI=1S/C24H31N7O.HI/c1-2-25-24(26-12-11-23-28-27-22-10-6-7-13-31(22)23)30-17-20-21(18-30)32-15-14-29(20)16-19-8-4-3-5-9-19;/h3-10,13,20-21H,2,11-12,14-18H2,1H3,(H,25,26);1H. The molecule has 8 nitrogen and oxygen atoms in total. The molecule has 176 valence electrons. The predicted octanol–water partition coefficient (Wildman–Crippen LogP) is 2.44. The molecular weight excluding hydrogens is 529 g/mol. The lowest BCUT2D eigenvalue weighted by Crippen LogP contribution is -2.50. The fraction of sp³-hybridized carbons (Fsp3) is 0.458. The van der Waals surface area contributed by atoms with Crippen LogP contribution in [0.2, 0.25) is 0 Å². The van der Waals surface area contributed by atoms with Crippen molar-refractivity contribution >= 4 is 35.6 Å². The summed E-state index contributed by atoms with van der Waals surface area (Å²) in [6.45, 7) is 8.14. The summed E-state index contributed by atoms with van der Waals surface area (Å²) in [5.74, 6) is 1.90. The van der Waals surface area contributed by atoms with E-state index in [0.29, 0.717) is 12.6 Å². The predicted molar refractivity (Wildman–Crippen MR) is 140 cm³/mol. The van der Waals surface area contributed by atoms with Crippen LogP contribution in [0.15, 0.2) is 59.7 Å². The molecule has 0 spiro atoms. The van der Waals surface area contributed by atoms with Crippen molar-refractivity contribution in [2.24, 2.45) is 4.99 Å². The summed E-state index contributed by atoms with van der Waals surface area (Å²) in [6.07, 6.45) is 2.97. The molecule has 9 heteroatoms. The summed E-state index contributed by atoms with van der Waals surface area (Å²) in [7, 11) is 0. The van der Waals surface area contributed by atoms with Crippen LogP contribution in [0, 0.1) is 0 Å². The first-order valence-corrected chi connectivity index (χ1v) is 11.5. The molecule has 0 bridgehead atoms. The van der Waals surface area contributed by atoms with Gasteiger partial charge in [0.15, 0.2) is 11.6 Å². The van der Waals surface area contributed by atoms with E-state index >= 15 is 0 Å². The fourth-order valence-electron chi connectivity index (χ4n) is 4.69. The maximum atomic E-state index is 6.15. The van der Waals surface area contributed by atoms with E-state index in [9.17, 15) is 0 Å². The van der Waals surface area contributed by atoms with Crippen molar-refractivity contribution in [3.05, 3.63) is 66.1 Å². The number of nitrogens with one attached hydrogen (secondary N) is 1. The molecular formula is C24H32IN7O. The summed E-state index contributed by atoms with van der Waals surface area (Å²) in [4.78, 5) is 9.84. The van der Waals surface area contributed by atoms with Crippen molar-refractivity contribution in [2.45, 2.75) is 32.0 Å². The molecule has 1 aromatic carbocycles. The van der Waals surface area contributed by atoms with Crippen LogP contribution in [0.5, 0.6) is 0 Å². The van der Waals surface area contributed by atoms with Crippen LogP contribution in [0.25, 0.3) is 5.65 Å². The van der Waals surface area contributed by atoms with Crippen molar-refractivity contribution in [2.75, 3.05) is 39.3 Å². The number of nitrogens with zero attached hydrogens (tertiary/aromatic N) is 6. The van der Waals surface area contributed by atoms with Crippen LogP contribution < -0.4 is 5.32 Å². The van der Waals surface area contributed by atoms with Crippen molar-refractivity contribution in [1.82, 2.24) is 29.7 Å². The minimum Gasteiger partial charge on any atom is -0.373 e. The first-order valence-electron chi connectivity index (χ1n) is 11.5. The van der Waals surface area contributed by atoms with E-state index in [2.05, 4.69) is 62.6 Å². The largest absolute Gasteiger partial charge is 0.373 e. The highest BCUT2D eigenvalue weighted by atomic mass is 127. The Bertz CT molecular complexity index is 1060. The van der Waals surface area contributed by atoms with E-state index < -0.39 is 0 Å². The SMILES string of the molecule is CCNC(=NCCc1nnc2ccccn12)N1CC2OCCN(Cc3ccccc3)C2C1.I.